The molecule has 0 aromatic heterocycles. The van der Waals surface area contributed by atoms with Crippen molar-refractivity contribution in [1.29, 1.82) is 0 Å². The first-order valence-electron chi connectivity index (χ1n) is 9.61. The second-order valence-electron chi connectivity index (χ2n) is 9.36. The van der Waals surface area contributed by atoms with Crippen LogP contribution in [0, 0.1) is 18.3 Å². The van der Waals surface area contributed by atoms with Crippen LogP contribution in [0.25, 0.3) is 0 Å². The van der Waals surface area contributed by atoms with Gasteiger partial charge in [0.15, 0.2) is 0 Å². The van der Waals surface area contributed by atoms with Crippen molar-refractivity contribution >= 4 is 23.4 Å². The standard InChI is InChI=1S/C21H30ClN3O2/c1-14-5-6-15(17(22)7-14)10-23-19(27)16-8-21(9-16)12-25(13-21)11-18(26)24-20(2,3)4/h5-7,16H,8-13H2,1-4H3,(H,23,27)(H,24,26). The highest BCUT2D eigenvalue weighted by atomic mass is 35.5. The third-order valence-electron chi connectivity index (χ3n) is 5.39. The number of benzene rings is 1. The van der Waals surface area contributed by atoms with Crippen molar-refractivity contribution in [1.82, 2.24) is 15.5 Å². The van der Waals surface area contributed by atoms with E-state index in [1.165, 1.54) is 0 Å². The lowest BCUT2D eigenvalue weighted by atomic mass is 9.57. The van der Waals surface area contributed by atoms with Crippen molar-refractivity contribution in [3.63, 3.8) is 0 Å². The summed E-state index contributed by atoms with van der Waals surface area (Å²) in [5.41, 5.74) is 2.11. The van der Waals surface area contributed by atoms with Crippen LogP contribution >= 0.6 is 11.6 Å². The zero-order chi connectivity index (χ0) is 19.8. The second-order valence-corrected chi connectivity index (χ2v) is 9.77. The number of hydrogen-bond donors (Lipinski definition) is 2. The second kappa shape index (κ2) is 7.44. The van der Waals surface area contributed by atoms with Gasteiger partial charge < -0.3 is 10.6 Å². The maximum atomic E-state index is 12.4. The van der Waals surface area contributed by atoms with Crippen LogP contribution in [0.15, 0.2) is 18.2 Å². The van der Waals surface area contributed by atoms with E-state index in [-0.39, 0.29) is 28.7 Å². The molecule has 27 heavy (non-hydrogen) atoms. The highest BCUT2D eigenvalue weighted by molar-refractivity contribution is 6.31. The molecule has 0 atom stereocenters. The van der Waals surface area contributed by atoms with Gasteiger partial charge in [0.25, 0.3) is 0 Å². The third kappa shape index (κ3) is 5.02. The zero-order valence-electron chi connectivity index (χ0n) is 16.7. The molecule has 148 valence electrons. The maximum absolute atomic E-state index is 12.4. The Kier molecular flexibility index (Phi) is 5.55. The first-order chi connectivity index (χ1) is 12.6. The number of carbonyl (C=O) groups excluding carboxylic acids is 2. The summed E-state index contributed by atoms with van der Waals surface area (Å²) in [6.07, 6.45) is 1.83. The van der Waals surface area contributed by atoms with E-state index in [0.29, 0.717) is 18.1 Å². The number of rotatable bonds is 5. The smallest absolute Gasteiger partial charge is 0.234 e. The minimum absolute atomic E-state index is 0.0703. The van der Waals surface area contributed by atoms with Crippen LogP contribution < -0.4 is 10.6 Å². The van der Waals surface area contributed by atoms with E-state index in [0.717, 1.165) is 37.1 Å². The average molecular weight is 392 g/mol. The van der Waals surface area contributed by atoms with Crippen molar-refractivity contribution in [2.75, 3.05) is 19.6 Å². The Bertz CT molecular complexity index is 727. The van der Waals surface area contributed by atoms with Crippen LogP contribution in [-0.2, 0) is 16.1 Å². The summed E-state index contributed by atoms with van der Waals surface area (Å²) in [5.74, 6) is 0.266. The third-order valence-corrected chi connectivity index (χ3v) is 5.74. The lowest BCUT2D eigenvalue weighted by Gasteiger charge is -2.58. The first-order valence-corrected chi connectivity index (χ1v) is 9.99. The van der Waals surface area contributed by atoms with E-state index in [1.807, 2.05) is 45.9 Å². The van der Waals surface area contributed by atoms with Crippen molar-refractivity contribution in [3.05, 3.63) is 34.3 Å². The van der Waals surface area contributed by atoms with Gasteiger partial charge in [-0.1, -0.05) is 23.7 Å². The number of likely N-dealkylation sites (tertiary alicyclic amines) is 1. The van der Waals surface area contributed by atoms with E-state index in [2.05, 4.69) is 15.5 Å². The number of aryl methyl sites for hydroxylation is 1. The van der Waals surface area contributed by atoms with Crippen molar-refractivity contribution < 1.29 is 9.59 Å². The van der Waals surface area contributed by atoms with E-state index in [9.17, 15) is 9.59 Å². The fourth-order valence-electron chi connectivity index (χ4n) is 4.23. The van der Waals surface area contributed by atoms with Crippen LogP contribution in [0.1, 0.15) is 44.7 Å². The van der Waals surface area contributed by atoms with E-state index >= 15 is 0 Å². The van der Waals surface area contributed by atoms with Crippen LogP contribution in [0.2, 0.25) is 5.02 Å². The summed E-state index contributed by atoms with van der Waals surface area (Å²) in [6.45, 7) is 10.7. The SMILES string of the molecule is Cc1ccc(CNC(=O)C2CC3(C2)CN(CC(=O)NC(C)(C)C)C3)c(Cl)c1. The molecule has 1 aromatic rings. The summed E-state index contributed by atoms with van der Waals surface area (Å²) in [4.78, 5) is 26.5. The molecule has 6 heteroatoms. The fourth-order valence-corrected chi connectivity index (χ4v) is 4.53. The van der Waals surface area contributed by atoms with Crippen LogP contribution in [-0.4, -0.2) is 41.9 Å². The van der Waals surface area contributed by atoms with E-state index < -0.39 is 0 Å². The van der Waals surface area contributed by atoms with Crippen molar-refractivity contribution in [3.8, 4) is 0 Å². The molecule has 1 saturated heterocycles. The molecule has 0 bridgehead atoms. The number of amides is 2. The Balaban J connectivity index is 1.37. The number of halogens is 1. The Labute approximate surface area is 166 Å². The average Bonchev–Trinajstić information content (AvgIpc) is 2.45. The summed E-state index contributed by atoms with van der Waals surface area (Å²) in [7, 11) is 0. The molecule has 1 heterocycles. The maximum Gasteiger partial charge on any atom is 0.234 e. The highest BCUT2D eigenvalue weighted by Gasteiger charge is 2.54. The van der Waals surface area contributed by atoms with Crippen LogP contribution in [0.4, 0.5) is 0 Å². The summed E-state index contributed by atoms with van der Waals surface area (Å²) in [6, 6.07) is 5.89. The Morgan fingerprint density at radius 2 is 1.93 bits per heavy atom. The van der Waals surface area contributed by atoms with E-state index in [4.69, 9.17) is 11.6 Å². The molecule has 3 rings (SSSR count). The molecule has 2 fully saturated rings. The van der Waals surface area contributed by atoms with Crippen LogP contribution in [0.5, 0.6) is 0 Å². The molecule has 1 aromatic carbocycles. The Hall–Kier alpha value is -1.59. The first kappa shape index (κ1) is 20.2. The lowest BCUT2D eigenvalue weighted by Crippen LogP contribution is -2.65. The predicted molar refractivity (Wildman–Crippen MR) is 108 cm³/mol. The van der Waals surface area contributed by atoms with Crippen molar-refractivity contribution in [2.45, 2.75) is 52.6 Å². The molecule has 1 saturated carbocycles. The Morgan fingerprint density at radius 1 is 1.26 bits per heavy atom. The largest absolute Gasteiger partial charge is 0.352 e. The van der Waals surface area contributed by atoms with Gasteiger partial charge >= 0.3 is 0 Å². The van der Waals surface area contributed by atoms with E-state index in [1.54, 1.807) is 0 Å². The summed E-state index contributed by atoms with van der Waals surface area (Å²) < 4.78 is 0. The van der Waals surface area contributed by atoms with Gasteiger partial charge in [0.2, 0.25) is 11.8 Å². The monoisotopic (exact) mass is 391 g/mol. The highest BCUT2D eigenvalue weighted by Crippen LogP contribution is 2.51. The summed E-state index contributed by atoms with van der Waals surface area (Å²) >= 11 is 6.23. The molecule has 0 radical (unpaired) electrons. The number of nitrogens with zero attached hydrogens (tertiary/aromatic N) is 1. The van der Waals surface area contributed by atoms with Crippen molar-refractivity contribution in [2.24, 2.45) is 11.3 Å². The predicted octanol–water partition coefficient (Wildman–Crippen LogP) is 2.89. The normalized spacial score (nSPS) is 19.3. The zero-order valence-corrected chi connectivity index (χ0v) is 17.4. The molecule has 5 nitrogen and oxygen atoms in total. The van der Waals surface area contributed by atoms with Gasteiger partial charge in [0.05, 0.1) is 6.54 Å². The number of nitrogens with one attached hydrogen (secondary N) is 2. The Morgan fingerprint density at radius 3 is 2.52 bits per heavy atom. The van der Waals surface area contributed by atoms with Gasteiger partial charge in [-0.3, -0.25) is 14.5 Å². The van der Waals surface area contributed by atoms with Gasteiger partial charge in [0, 0.05) is 36.1 Å². The van der Waals surface area contributed by atoms with Gasteiger partial charge in [-0.25, -0.2) is 0 Å². The minimum Gasteiger partial charge on any atom is -0.352 e. The van der Waals surface area contributed by atoms with Gasteiger partial charge in [-0.05, 0) is 63.1 Å². The topological polar surface area (TPSA) is 61.4 Å². The molecule has 1 aliphatic heterocycles. The minimum atomic E-state index is -0.195. The number of hydrogen-bond acceptors (Lipinski definition) is 3. The molecule has 0 unspecified atom stereocenters. The number of carbonyl (C=O) groups is 2. The van der Waals surface area contributed by atoms with Gasteiger partial charge in [0.1, 0.15) is 0 Å². The fraction of sp³-hybridized carbons (Fsp3) is 0.619. The lowest BCUT2D eigenvalue weighted by molar-refractivity contribution is -0.148. The van der Waals surface area contributed by atoms with Crippen LogP contribution in [0.3, 0.4) is 0 Å². The molecular formula is C21H30ClN3O2. The summed E-state index contributed by atoms with van der Waals surface area (Å²) in [5, 5.41) is 6.71. The molecule has 1 spiro atoms. The quantitative estimate of drug-likeness (QED) is 0.811. The molecule has 2 aliphatic rings. The molecule has 2 amide bonds. The van der Waals surface area contributed by atoms with Gasteiger partial charge in [-0.15, -0.1) is 0 Å². The molecule has 1 aliphatic carbocycles. The van der Waals surface area contributed by atoms with Gasteiger partial charge in [-0.2, -0.15) is 0 Å². The molecule has 2 N–H and O–H groups in total. The molecular weight excluding hydrogens is 362 g/mol.